The van der Waals surface area contributed by atoms with Crippen LogP contribution in [0.5, 0.6) is 11.5 Å². The van der Waals surface area contributed by atoms with E-state index in [1.807, 2.05) is 6.92 Å². The van der Waals surface area contributed by atoms with E-state index in [9.17, 15) is 14.7 Å². The van der Waals surface area contributed by atoms with E-state index in [1.165, 1.54) is 17.0 Å². The van der Waals surface area contributed by atoms with Crippen LogP contribution in [-0.2, 0) is 4.79 Å². The highest BCUT2D eigenvalue weighted by Crippen LogP contribution is 2.29. The predicted octanol–water partition coefficient (Wildman–Crippen LogP) is 1.75. The van der Waals surface area contributed by atoms with Crippen LogP contribution in [0.2, 0.25) is 0 Å². The molecule has 0 aliphatic carbocycles. The van der Waals surface area contributed by atoms with Gasteiger partial charge in [-0.05, 0) is 55.3 Å². The van der Waals surface area contributed by atoms with Crippen molar-refractivity contribution in [2.45, 2.75) is 20.0 Å². The fourth-order valence-corrected chi connectivity index (χ4v) is 2.44. The number of aromatic carboxylic acids is 1. The van der Waals surface area contributed by atoms with Crippen molar-refractivity contribution in [1.82, 2.24) is 4.90 Å². The van der Waals surface area contributed by atoms with E-state index >= 15 is 0 Å². The van der Waals surface area contributed by atoms with Crippen molar-refractivity contribution in [3.63, 3.8) is 0 Å². The Balaban J connectivity index is 2.09. The number of rotatable bonds is 9. The van der Waals surface area contributed by atoms with Crippen LogP contribution in [0.1, 0.15) is 29.8 Å². The SMILES string of the molecule is CCOc1cc(/C=N\Nc2ccc(C(=O)[O-])cc2)ccc1O[C@H](C)C(=O)N(C)C. The molecule has 0 saturated carbocycles. The molecule has 1 atom stereocenters. The van der Waals surface area contributed by atoms with Crippen molar-refractivity contribution in [2.24, 2.45) is 5.10 Å². The van der Waals surface area contributed by atoms with Gasteiger partial charge >= 0.3 is 0 Å². The van der Waals surface area contributed by atoms with Crippen molar-refractivity contribution in [3.05, 3.63) is 53.6 Å². The molecule has 8 heteroatoms. The van der Waals surface area contributed by atoms with Crippen LogP contribution in [0.3, 0.4) is 0 Å². The number of hydrogen-bond donors (Lipinski definition) is 1. The van der Waals surface area contributed by atoms with Crippen LogP contribution in [0.4, 0.5) is 5.69 Å². The van der Waals surface area contributed by atoms with Crippen molar-refractivity contribution in [1.29, 1.82) is 0 Å². The van der Waals surface area contributed by atoms with Crippen LogP contribution in [-0.4, -0.2) is 49.8 Å². The van der Waals surface area contributed by atoms with Gasteiger partial charge in [0.25, 0.3) is 5.91 Å². The van der Waals surface area contributed by atoms with Crippen LogP contribution < -0.4 is 20.0 Å². The summed E-state index contributed by atoms with van der Waals surface area (Å²) in [7, 11) is 3.34. The highest BCUT2D eigenvalue weighted by molar-refractivity contribution is 5.86. The number of carbonyl (C=O) groups excluding carboxylic acids is 2. The Morgan fingerprint density at radius 3 is 2.45 bits per heavy atom. The molecule has 154 valence electrons. The van der Waals surface area contributed by atoms with E-state index in [2.05, 4.69) is 10.5 Å². The summed E-state index contributed by atoms with van der Waals surface area (Å²) in [4.78, 5) is 24.2. The van der Waals surface area contributed by atoms with E-state index in [0.29, 0.717) is 23.8 Å². The van der Waals surface area contributed by atoms with Gasteiger partial charge in [0.05, 0.1) is 24.5 Å². The number of hydrogen-bond acceptors (Lipinski definition) is 7. The first-order chi connectivity index (χ1) is 13.8. The number of benzene rings is 2. The van der Waals surface area contributed by atoms with Crippen molar-refractivity contribution >= 4 is 23.8 Å². The molecule has 0 radical (unpaired) electrons. The fourth-order valence-electron chi connectivity index (χ4n) is 2.44. The van der Waals surface area contributed by atoms with Crippen molar-refractivity contribution in [3.8, 4) is 11.5 Å². The predicted molar refractivity (Wildman–Crippen MR) is 108 cm³/mol. The fraction of sp³-hybridized carbons (Fsp3) is 0.286. The third kappa shape index (κ3) is 6.24. The maximum absolute atomic E-state index is 12.0. The minimum atomic E-state index is -1.23. The average Bonchev–Trinajstić information content (AvgIpc) is 2.69. The summed E-state index contributed by atoms with van der Waals surface area (Å²) in [5.41, 5.74) is 4.30. The highest BCUT2D eigenvalue weighted by atomic mass is 16.5. The lowest BCUT2D eigenvalue weighted by Gasteiger charge is -2.20. The minimum absolute atomic E-state index is 0.0958. The van der Waals surface area contributed by atoms with E-state index in [1.54, 1.807) is 57.6 Å². The molecule has 0 fully saturated rings. The topological polar surface area (TPSA) is 103 Å². The Labute approximate surface area is 169 Å². The molecule has 0 unspecified atom stereocenters. The summed E-state index contributed by atoms with van der Waals surface area (Å²) in [6.45, 7) is 3.98. The van der Waals surface area contributed by atoms with Gasteiger partial charge in [0.1, 0.15) is 0 Å². The third-order valence-electron chi connectivity index (χ3n) is 3.89. The lowest BCUT2D eigenvalue weighted by Crippen LogP contribution is -2.35. The number of ether oxygens (including phenoxy) is 2. The molecule has 0 spiro atoms. The Kier molecular flexibility index (Phi) is 7.59. The standard InChI is InChI=1S/C21H25N3O5/c1-5-28-19-12-15(6-11-18(19)29-14(2)20(25)24(3)4)13-22-23-17-9-7-16(8-10-17)21(26)27/h6-14,23H,5H2,1-4H3,(H,26,27)/p-1/b22-13-/t14-/m1/s1. The summed E-state index contributed by atoms with van der Waals surface area (Å²) >= 11 is 0. The molecule has 0 aliphatic heterocycles. The number of anilines is 1. The van der Waals surface area contributed by atoms with Gasteiger partial charge in [-0.25, -0.2) is 0 Å². The molecule has 1 N–H and O–H groups in total. The second kappa shape index (κ2) is 10.1. The van der Waals surface area contributed by atoms with Gasteiger partial charge in [-0.15, -0.1) is 0 Å². The monoisotopic (exact) mass is 398 g/mol. The quantitative estimate of drug-likeness (QED) is 0.510. The minimum Gasteiger partial charge on any atom is -0.545 e. The van der Waals surface area contributed by atoms with Gasteiger partial charge in [0.2, 0.25) is 0 Å². The first-order valence-corrected chi connectivity index (χ1v) is 9.07. The zero-order chi connectivity index (χ0) is 21.4. The Morgan fingerprint density at radius 2 is 1.86 bits per heavy atom. The lowest BCUT2D eigenvalue weighted by molar-refractivity contribution is -0.255. The Hall–Kier alpha value is -3.55. The van der Waals surface area contributed by atoms with E-state index in [4.69, 9.17) is 9.47 Å². The smallest absolute Gasteiger partial charge is 0.262 e. The molecule has 29 heavy (non-hydrogen) atoms. The maximum Gasteiger partial charge on any atom is 0.262 e. The van der Waals surface area contributed by atoms with Gasteiger partial charge in [0, 0.05) is 14.1 Å². The number of likely N-dealkylation sites (N-methyl/N-ethyl adjacent to an activating group) is 1. The molecule has 1 amide bonds. The average molecular weight is 398 g/mol. The first-order valence-electron chi connectivity index (χ1n) is 9.07. The van der Waals surface area contributed by atoms with Gasteiger partial charge in [-0.2, -0.15) is 5.10 Å². The van der Waals surface area contributed by atoms with Gasteiger partial charge in [-0.1, -0.05) is 12.1 Å². The molecule has 0 aliphatic rings. The number of nitrogens with one attached hydrogen (secondary N) is 1. The van der Waals surface area contributed by atoms with E-state index in [-0.39, 0.29) is 11.5 Å². The number of carbonyl (C=O) groups is 2. The molecule has 2 rings (SSSR count). The third-order valence-corrected chi connectivity index (χ3v) is 3.89. The van der Waals surface area contributed by atoms with Crippen LogP contribution in [0.15, 0.2) is 47.6 Å². The van der Waals surface area contributed by atoms with E-state index in [0.717, 1.165) is 5.56 Å². The zero-order valence-corrected chi connectivity index (χ0v) is 16.8. The first kappa shape index (κ1) is 21.7. The molecular weight excluding hydrogens is 374 g/mol. The van der Waals surface area contributed by atoms with Crippen molar-refractivity contribution < 1.29 is 24.2 Å². The summed E-state index contributed by atoms with van der Waals surface area (Å²) in [6, 6.07) is 11.3. The Bertz CT molecular complexity index is 878. The van der Waals surface area contributed by atoms with Crippen LogP contribution in [0, 0.1) is 0 Å². The molecule has 2 aromatic carbocycles. The number of carboxylic acid groups (broad SMARTS) is 1. The molecule has 0 saturated heterocycles. The van der Waals surface area contributed by atoms with E-state index < -0.39 is 12.1 Å². The zero-order valence-electron chi connectivity index (χ0n) is 16.8. The molecule has 0 heterocycles. The summed E-state index contributed by atoms with van der Waals surface area (Å²) < 4.78 is 11.4. The van der Waals surface area contributed by atoms with Crippen molar-refractivity contribution in [2.75, 3.05) is 26.1 Å². The van der Waals surface area contributed by atoms with Gasteiger partial charge in [-0.3, -0.25) is 10.2 Å². The highest BCUT2D eigenvalue weighted by Gasteiger charge is 2.18. The maximum atomic E-state index is 12.0. The largest absolute Gasteiger partial charge is 0.545 e. The normalized spacial score (nSPS) is 11.7. The molecule has 2 aromatic rings. The molecule has 8 nitrogen and oxygen atoms in total. The number of amides is 1. The summed E-state index contributed by atoms with van der Waals surface area (Å²) in [5.74, 6) is -0.398. The summed E-state index contributed by atoms with van der Waals surface area (Å²) in [6.07, 6.45) is 0.947. The second-order valence-corrected chi connectivity index (χ2v) is 6.37. The molecule has 0 bridgehead atoms. The number of hydrazone groups is 1. The summed E-state index contributed by atoms with van der Waals surface area (Å²) in [5, 5.41) is 14.9. The van der Waals surface area contributed by atoms with Gasteiger partial charge < -0.3 is 24.3 Å². The molecular formula is C21H24N3O5-. The lowest BCUT2D eigenvalue weighted by atomic mass is 10.2. The van der Waals surface area contributed by atoms with Crippen LogP contribution >= 0.6 is 0 Å². The molecule has 0 aromatic heterocycles. The number of nitrogens with zero attached hydrogens (tertiary/aromatic N) is 2. The Morgan fingerprint density at radius 1 is 1.17 bits per heavy atom. The second-order valence-electron chi connectivity index (χ2n) is 6.37. The number of carboxylic acids is 1. The van der Waals surface area contributed by atoms with Crippen LogP contribution in [0.25, 0.3) is 0 Å². The van der Waals surface area contributed by atoms with Gasteiger partial charge in [0.15, 0.2) is 17.6 Å².